The molecular weight excluding hydrogens is 404 g/mol. The quantitative estimate of drug-likeness (QED) is 0.770. The molecule has 0 fully saturated rings. The molecule has 0 saturated carbocycles. The van der Waals surface area contributed by atoms with Crippen LogP contribution in [-0.4, -0.2) is 8.42 Å². The first-order valence-electron chi connectivity index (χ1n) is 5.64. The molecule has 2 aromatic carbocycles. The molecule has 1 N–H and O–H groups in total. The maximum atomic E-state index is 13.8. The zero-order valence-electron chi connectivity index (χ0n) is 10.6. The van der Waals surface area contributed by atoms with Crippen LogP contribution in [0.4, 0.5) is 10.1 Å². The fourth-order valence-corrected chi connectivity index (χ4v) is 3.57. The number of hydrogen-bond donors (Lipinski definition) is 1. The average molecular weight is 413 g/mol. The fourth-order valence-electron chi connectivity index (χ4n) is 1.62. The zero-order valence-corrected chi connectivity index (χ0v) is 14.5. The van der Waals surface area contributed by atoms with Gasteiger partial charge in [0, 0.05) is 9.50 Å². The lowest BCUT2D eigenvalue weighted by Gasteiger charge is -2.12. The Morgan fingerprint density at radius 3 is 2.43 bits per heavy atom. The minimum Gasteiger partial charge on any atom is -0.278 e. The highest BCUT2D eigenvalue weighted by Gasteiger charge is 2.20. The summed E-state index contributed by atoms with van der Waals surface area (Å²) in [4.78, 5) is -0.474. The van der Waals surface area contributed by atoms with Gasteiger partial charge in [-0.2, -0.15) is 0 Å². The van der Waals surface area contributed by atoms with Gasteiger partial charge in [0.1, 0.15) is 10.7 Å². The third-order valence-electron chi connectivity index (χ3n) is 2.68. The van der Waals surface area contributed by atoms with E-state index in [0.29, 0.717) is 15.1 Å². The average Bonchev–Trinajstić information content (AvgIpc) is 2.35. The predicted molar refractivity (Wildman–Crippen MR) is 86.1 cm³/mol. The van der Waals surface area contributed by atoms with Crippen molar-refractivity contribution in [1.29, 1.82) is 0 Å². The maximum absolute atomic E-state index is 13.8. The number of halogens is 4. The fraction of sp³-hybridized carbons (Fsp3) is 0.0769. The van der Waals surface area contributed by atoms with Crippen molar-refractivity contribution in [3.8, 4) is 0 Å². The lowest BCUT2D eigenvalue weighted by Crippen LogP contribution is -2.15. The second-order valence-electron chi connectivity index (χ2n) is 4.26. The first-order valence-corrected chi connectivity index (χ1v) is 8.67. The van der Waals surface area contributed by atoms with Gasteiger partial charge in [0.15, 0.2) is 0 Å². The van der Waals surface area contributed by atoms with Crippen LogP contribution in [0.2, 0.25) is 10.0 Å². The largest absolute Gasteiger partial charge is 0.278 e. The highest BCUT2D eigenvalue weighted by Crippen LogP contribution is 2.31. The number of hydrogen-bond acceptors (Lipinski definition) is 2. The second kappa shape index (κ2) is 6.12. The number of rotatable bonds is 3. The Balaban J connectivity index is 2.45. The molecule has 112 valence electrons. The summed E-state index contributed by atoms with van der Waals surface area (Å²) in [5.41, 5.74) is 0.800. The summed E-state index contributed by atoms with van der Waals surface area (Å²) < 4.78 is 40.9. The van der Waals surface area contributed by atoms with Crippen molar-refractivity contribution < 1.29 is 12.8 Å². The van der Waals surface area contributed by atoms with Gasteiger partial charge in [-0.25, -0.2) is 12.8 Å². The molecule has 0 aromatic heterocycles. The SMILES string of the molecule is Cc1cc(Cl)c(NS(=O)(=O)c2ccc(Br)cc2F)cc1Cl. The van der Waals surface area contributed by atoms with Crippen LogP contribution in [0.15, 0.2) is 39.7 Å². The molecule has 0 saturated heterocycles. The van der Waals surface area contributed by atoms with Crippen LogP contribution in [0.25, 0.3) is 0 Å². The summed E-state index contributed by atoms with van der Waals surface area (Å²) in [6.45, 7) is 1.74. The smallest absolute Gasteiger partial charge is 0.264 e. The van der Waals surface area contributed by atoms with Crippen LogP contribution in [0.5, 0.6) is 0 Å². The van der Waals surface area contributed by atoms with Crippen LogP contribution in [-0.2, 0) is 10.0 Å². The number of benzene rings is 2. The molecule has 2 rings (SSSR count). The lowest BCUT2D eigenvalue weighted by atomic mass is 10.2. The summed E-state index contributed by atoms with van der Waals surface area (Å²) >= 11 is 15.0. The molecular formula is C13H9BrCl2FNO2S. The number of nitrogens with one attached hydrogen (secondary N) is 1. The molecule has 0 aliphatic heterocycles. The minimum absolute atomic E-state index is 0.0922. The Hall–Kier alpha value is -0.820. The molecule has 0 unspecified atom stereocenters. The number of sulfonamides is 1. The van der Waals surface area contributed by atoms with Gasteiger partial charge in [-0.05, 0) is 42.8 Å². The summed E-state index contributed by atoms with van der Waals surface area (Å²) in [7, 11) is -4.10. The maximum Gasteiger partial charge on any atom is 0.264 e. The molecule has 0 aliphatic carbocycles. The Labute approximate surface area is 140 Å². The first-order chi connectivity index (χ1) is 9.70. The van der Waals surface area contributed by atoms with Crippen LogP contribution in [0, 0.1) is 12.7 Å². The Morgan fingerprint density at radius 2 is 1.81 bits per heavy atom. The monoisotopic (exact) mass is 411 g/mol. The molecule has 0 amide bonds. The van der Waals surface area contributed by atoms with E-state index in [4.69, 9.17) is 23.2 Å². The van der Waals surface area contributed by atoms with Gasteiger partial charge in [0.05, 0.1) is 10.7 Å². The Kier molecular flexibility index (Phi) is 4.82. The standard InChI is InChI=1S/C13H9BrCl2FNO2S/c1-7-4-10(16)12(6-9(7)15)18-21(19,20)13-3-2-8(14)5-11(13)17/h2-6,18H,1H3. The van der Waals surface area contributed by atoms with Gasteiger partial charge in [0.2, 0.25) is 0 Å². The summed E-state index contributed by atoms with van der Waals surface area (Å²) in [5.74, 6) is -0.869. The van der Waals surface area contributed by atoms with E-state index >= 15 is 0 Å². The molecule has 0 aliphatic rings. The Bertz CT molecular complexity index is 812. The van der Waals surface area contributed by atoms with E-state index in [9.17, 15) is 12.8 Å². The molecule has 0 radical (unpaired) electrons. The van der Waals surface area contributed by atoms with Gasteiger partial charge in [-0.15, -0.1) is 0 Å². The highest BCUT2D eigenvalue weighted by atomic mass is 79.9. The summed E-state index contributed by atoms with van der Waals surface area (Å²) in [6, 6.07) is 6.57. The van der Waals surface area contributed by atoms with E-state index in [1.165, 1.54) is 18.2 Å². The van der Waals surface area contributed by atoms with Gasteiger partial charge < -0.3 is 0 Å². The van der Waals surface area contributed by atoms with Crippen molar-refractivity contribution in [3.05, 3.63) is 56.2 Å². The first kappa shape index (κ1) is 16.5. The van der Waals surface area contributed by atoms with Crippen molar-refractivity contribution in [1.82, 2.24) is 0 Å². The van der Waals surface area contributed by atoms with Crippen LogP contribution in [0.3, 0.4) is 0 Å². The van der Waals surface area contributed by atoms with E-state index in [-0.39, 0.29) is 10.7 Å². The van der Waals surface area contributed by atoms with Crippen LogP contribution in [0.1, 0.15) is 5.56 Å². The lowest BCUT2D eigenvalue weighted by molar-refractivity contribution is 0.570. The zero-order chi connectivity index (χ0) is 15.8. The van der Waals surface area contributed by atoms with E-state index < -0.39 is 20.7 Å². The van der Waals surface area contributed by atoms with Crippen molar-refractivity contribution in [2.45, 2.75) is 11.8 Å². The van der Waals surface area contributed by atoms with Gasteiger partial charge in [-0.1, -0.05) is 39.1 Å². The predicted octanol–water partition coefficient (Wildman–Crippen LogP) is 5.00. The van der Waals surface area contributed by atoms with Crippen LogP contribution >= 0.6 is 39.1 Å². The molecule has 0 atom stereocenters. The number of anilines is 1. The van der Waals surface area contributed by atoms with Crippen molar-refractivity contribution in [2.24, 2.45) is 0 Å². The van der Waals surface area contributed by atoms with E-state index in [2.05, 4.69) is 20.7 Å². The van der Waals surface area contributed by atoms with Crippen molar-refractivity contribution in [2.75, 3.05) is 4.72 Å². The van der Waals surface area contributed by atoms with E-state index in [1.807, 2.05) is 0 Å². The normalized spacial score (nSPS) is 11.5. The molecule has 21 heavy (non-hydrogen) atoms. The third-order valence-corrected chi connectivity index (χ3v) is 5.29. The molecule has 8 heteroatoms. The third kappa shape index (κ3) is 3.69. The van der Waals surface area contributed by atoms with Gasteiger partial charge in [-0.3, -0.25) is 4.72 Å². The molecule has 2 aromatic rings. The van der Waals surface area contributed by atoms with E-state index in [1.54, 1.807) is 6.92 Å². The minimum atomic E-state index is -4.10. The van der Waals surface area contributed by atoms with Crippen LogP contribution < -0.4 is 4.72 Å². The highest BCUT2D eigenvalue weighted by molar-refractivity contribution is 9.10. The summed E-state index contributed by atoms with van der Waals surface area (Å²) in [5, 5.41) is 0.534. The Morgan fingerprint density at radius 1 is 1.14 bits per heavy atom. The topological polar surface area (TPSA) is 46.2 Å². The molecule has 0 bridgehead atoms. The summed E-state index contributed by atoms with van der Waals surface area (Å²) in [6.07, 6.45) is 0. The van der Waals surface area contributed by atoms with Crippen molar-refractivity contribution in [3.63, 3.8) is 0 Å². The number of aryl methyl sites for hydroxylation is 1. The van der Waals surface area contributed by atoms with Crippen molar-refractivity contribution >= 4 is 54.8 Å². The van der Waals surface area contributed by atoms with Gasteiger partial charge >= 0.3 is 0 Å². The molecule has 0 spiro atoms. The second-order valence-corrected chi connectivity index (χ2v) is 7.64. The van der Waals surface area contributed by atoms with E-state index in [0.717, 1.165) is 12.1 Å². The molecule has 0 heterocycles. The molecule has 3 nitrogen and oxygen atoms in total. The van der Waals surface area contributed by atoms with Gasteiger partial charge in [0.25, 0.3) is 10.0 Å².